The van der Waals surface area contributed by atoms with Crippen LogP contribution in [0, 0.1) is 0 Å². The predicted octanol–water partition coefficient (Wildman–Crippen LogP) is 5.23. The molecule has 12 nitrogen and oxygen atoms in total. The second kappa shape index (κ2) is 13.9. The van der Waals surface area contributed by atoms with Gasteiger partial charge in [0.05, 0.1) is 16.8 Å². The van der Waals surface area contributed by atoms with E-state index in [0.29, 0.717) is 0 Å². The largest absolute Gasteiger partial charge is 0.478 e. The second-order valence-electron chi connectivity index (χ2n) is 11.5. The Balaban J connectivity index is 1.47. The van der Waals surface area contributed by atoms with Gasteiger partial charge in [-0.05, 0) is 74.1 Å². The van der Waals surface area contributed by atoms with Crippen LogP contribution in [0.25, 0.3) is 11.1 Å². The Morgan fingerprint density at radius 1 is 0.844 bits per heavy atom. The van der Waals surface area contributed by atoms with Gasteiger partial charge in [0.1, 0.15) is 18.2 Å². The molecule has 1 aliphatic carbocycles. The average molecular weight is 618 g/mol. The van der Waals surface area contributed by atoms with Crippen molar-refractivity contribution in [3.05, 3.63) is 89.0 Å². The van der Waals surface area contributed by atoms with E-state index in [1.807, 2.05) is 48.5 Å². The Kier molecular flexibility index (Phi) is 10.1. The van der Waals surface area contributed by atoms with Crippen molar-refractivity contribution in [1.82, 2.24) is 10.6 Å². The molecule has 5 N–H and O–H groups in total. The highest BCUT2D eigenvalue weighted by molar-refractivity contribution is 6.04. The third kappa shape index (κ3) is 8.37. The summed E-state index contributed by atoms with van der Waals surface area (Å²) in [4.78, 5) is 61.7. The number of amides is 3. The van der Waals surface area contributed by atoms with E-state index in [2.05, 4.69) is 16.0 Å². The number of aromatic carboxylic acids is 2. The van der Waals surface area contributed by atoms with E-state index in [1.165, 1.54) is 0 Å². The Hall–Kier alpha value is -5.39. The first-order valence-corrected chi connectivity index (χ1v) is 14.3. The van der Waals surface area contributed by atoms with Crippen LogP contribution in [-0.2, 0) is 14.3 Å². The molecule has 0 radical (unpaired) electrons. The Labute approximate surface area is 259 Å². The van der Waals surface area contributed by atoms with Gasteiger partial charge in [-0.3, -0.25) is 4.79 Å². The molecule has 3 amide bonds. The molecule has 4 rings (SSSR count). The average Bonchev–Trinajstić information content (AvgIpc) is 3.30. The summed E-state index contributed by atoms with van der Waals surface area (Å²) in [6.45, 7) is 5.26. The quantitative estimate of drug-likeness (QED) is 0.180. The van der Waals surface area contributed by atoms with Gasteiger partial charge < -0.3 is 35.6 Å². The predicted molar refractivity (Wildman–Crippen MR) is 164 cm³/mol. The molecule has 3 aromatic carbocycles. The minimum absolute atomic E-state index is 0.00177. The van der Waals surface area contributed by atoms with Gasteiger partial charge in [0.2, 0.25) is 5.91 Å². The van der Waals surface area contributed by atoms with Crippen LogP contribution in [-0.4, -0.2) is 65.0 Å². The number of benzene rings is 3. The van der Waals surface area contributed by atoms with Crippen molar-refractivity contribution in [3.63, 3.8) is 0 Å². The molecule has 0 saturated carbocycles. The summed E-state index contributed by atoms with van der Waals surface area (Å²) in [5.41, 5.74) is 2.59. The number of hydrogen-bond donors (Lipinski definition) is 5. The lowest BCUT2D eigenvalue weighted by molar-refractivity contribution is -0.118. The number of ether oxygens (including phenoxy) is 2. The third-order valence-corrected chi connectivity index (χ3v) is 7.04. The first kappa shape index (κ1) is 32.5. The number of carboxylic acid groups (broad SMARTS) is 2. The van der Waals surface area contributed by atoms with Crippen LogP contribution >= 0.6 is 0 Å². The second-order valence-corrected chi connectivity index (χ2v) is 11.5. The van der Waals surface area contributed by atoms with E-state index in [-0.39, 0.29) is 48.7 Å². The number of carbonyl (C=O) groups excluding carboxylic acids is 3. The molecule has 45 heavy (non-hydrogen) atoms. The standard InChI is InChI=1S/C33H35N3O9/c1-33(2,3)45-31(42)34-16-8-13-26(28(37)35-27-17-19(29(38)39)14-15-24(27)30(40)41)36-32(43)44-18-25-22-11-6-4-9-20(22)21-10-5-7-12-23(21)25/h4-7,9-12,14-15,17,25-26H,8,13,16,18H2,1-3H3,(H,34,42)(H,35,37)(H,36,43)(H,38,39)(H,40,41). The van der Waals surface area contributed by atoms with Gasteiger partial charge in [-0.2, -0.15) is 0 Å². The van der Waals surface area contributed by atoms with Crippen LogP contribution in [0.4, 0.5) is 15.3 Å². The van der Waals surface area contributed by atoms with Gasteiger partial charge in [-0.15, -0.1) is 0 Å². The molecule has 0 spiro atoms. The molecule has 0 fully saturated rings. The fraction of sp³-hybridized carbons (Fsp3) is 0.303. The van der Waals surface area contributed by atoms with E-state index >= 15 is 0 Å². The van der Waals surface area contributed by atoms with Crippen LogP contribution in [0.5, 0.6) is 0 Å². The zero-order valence-electron chi connectivity index (χ0n) is 25.1. The van der Waals surface area contributed by atoms with Gasteiger partial charge in [0.15, 0.2) is 0 Å². The van der Waals surface area contributed by atoms with Crippen LogP contribution in [0.1, 0.15) is 71.4 Å². The third-order valence-electron chi connectivity index (χ3n) is 7.04. The normalized spacial score (nSPS) is 12.7. The smallest absolute Gasteiger partial charge is 0.407 e. The molecule has 12 heteroatoms. The van der Waals surface area contributed by atoms with E-state index < -0.39 is 41.7 Å². The van der Waals surface area contributed by atoms with Crippen molar-refractivity contribution >= 4 is 35.7 Å². The van der Waals surface area contributed by atoms with Crippen molar-refractivity contribution in [3.8, 4) is 11.1 Å². The van der Waals surface area contributed by atoms with Crippen LogP contribution in [0.3, 0.4) is 0 Å². The minimum Gasteiger partial charge on any atom is -0.478 e. The van der Waals surface area contributed by atoms with Crippen molar-refractivity contribution < 1.29 is 43.7 Å². The Morgan fingerprint density at radius 3 is 2.04 bits per heavy atom. The fourth-order valence-electron chi connectivity index (χ4n) is 5.05. The van der Waals surface area contributed by atoms with Crippen molar-refractivity contribution in [2.75, 3.05) is 18.5 Å². The number of nitrogens with one attached hydrogen (secondary N) is 3. The van der Waals surface area contributed by atoms with Crippen molar-refractivity contribution in [2.45, 2.75) is 51.2 Å². The maximum Gasteiger partial charge on any atom is 0.407 e. The van der Waals surface area contributed by atoms with Gasteiger partial charge in [0.25, 0.3) is 0 Å². The van der Waals surface area contributed by atoms with E-state index in [9.17, 15) is 34.2 Å². The molecule has 1 unspecified atom stereocenters. The monoisotopic (exact) mass is 617 g/mol. The number of fused-ring (bicyclic) bond motifs is 3. The first-order valence-electron chi connectivity index (χ1n) is 14.3. The number of carbonyl (C=O) groups is 5. The highest BCUT2D eigenvalue weighted by Crippen LogP contribution is 2.44. The highest BCUT2D eigenvalue weighted by Gasteiger charge is 2.30. The summed E-state index contributed by atoms with van der Waals surface area (Å²) in [6.07, 6.45) is -1.28. The summed E-state index contributed by atoms with van der Waals surface area (Å²) in [6, 6.07) is 17.6. The number of carboxylic acids is 2. The summed E-state index contributed by atoms with van der Waals surface area (Å²) < 4.78 is 10.8. The molecular weight excluding hydrogens is 582 g/mol. The highest BCUT2D eigenvalue weighted by atomic mass is 16.6. The lowest BCUT2D eigenvalue weighted by atomic mass is 9.98. The summed E-state index contributed by atoms with van der Waals surface area (Å²) in [5, 5.41) is 26.5. The zero-order valence-corrected chi connectivity index (χ0v) is 25.1. The lowest BCUT2D eigenvalue weighted by Crippen LogP contribution is -2.45. The van der Waals surface area contributed by atoms with Gasteiger partial charge in [-0.25, -0.2) is 19.2 Å². The van der Waals surface area contributed by atoms with Crippen LogP contribution in [0.2, 0.25) is 0 Å². The summed E-state index contributed by atoms with van der Waals surface area (Å²) in [5.74, 6) is -3.72. The number of alkyl carbamates (subject to hydrolysis) is 2. The number of hydrogen-bond acceptors (Lipinski definition) is 7. The van der Waals surface area contributed by atoms with Gasteiger partial charge in [-0.1, -0.05) is 48.5 Å². The molecule has 0 aliphatic heterocycles. The van der Waals surface area contributed by atoms with Gasteiger partial charge in [0, 0.05) is 12.5 Å². The number of rotatable bonds is 11. The topological polar surface area (TPSA) is 180 Å². The maximum absolute atomic E-state index is 13.4. The SMILES string of the molecule is CC(C)(C)OC(=O)NCCCC(NC(=O)OCC1c2ccccc2-c2ccccc21)C(=O)Nc1cc(C(=O)O)ccc1C(=O)O. The van der Waals surface area contributed by atoms with E-state index in [4.69, 9.17) is 9.47 Å². The molecule has 0 aromatic heterocycles. The molecule has 236 valence electrons. The lowest BCUT2D eigenvalue weighted by Gasteiger charge is -2.21. The summed E-state index contributed by atoms with van der Waals surface area (Å²) >= 11 is 0. The Morgan fingerprint density at radius 2 is 1.47 bits per heavy atom. The van der Waals surface area contributed by atoms with Crippen molar-refractivity contribution in [2.24, 2.45) is 0 Å². The minimum atomic E-state index is -1.38. The van der Waals surface area contributed by atoms with Crippen LogP contribution < -0.4 is 16.0 Å². The van der Waals surface area contributed by atoms with Gasteiger partial charge >= 0.3 is 24.1 Å². The van der Waals surface area contributed by atoms with Crippen molar-refractivity contribution in [1.29, 1.82) is 0 Å². The van der Waals surface area contributed by atoms with E-state index in [0.717, 1.165) is 40.5 Å². The maximum atomic E-state index is 13.4. The molecule has 1 atom stereocenters. The molecule has 0 saturated heterocycles. The summed E-state index contributed by atoms with van der Waals surface area (Å²) in [7, 11) is 0. The molecule has 0 bridgehead atoms. The molecule has 3 aromatic rings. The van der Waals surface area contributed by atoms with Crippen LogP contribution in [0.15, 0.2) is 66.7 Å². The Bertz CT molecular complexity index is 1570. The first-order chi connectivity index (χ1) is 21.3. The molecule has 0 heterocycles. The molecule has 1 aliphatic rings. The zero-order chi connectivity index (χ0) is 32.7. The molecular formula is C33H35N3O9. The fourth-order valence-corrected chi connectivity index (χ4v) is 5.05. The number of anilines is 1. The van der Waals surface area contributed by atoms with E-state index in [1.54, 1.807) is 20.8 Å².